The van der Waals surface area contributed by atoms with E-state index in [4.69, 9.17) is 0 Å². The number of likely N-dealkylation sites (N-methyl/N-ethyl adjacent to an activating group) is 1. The predicted octanol–water partition coefficient (Wildman–Crippen LogP) is 4.85. The van der Waals surface area contributed by atoms with Crippen molar-refractivity contribution in [1.82, 2.24) is 4.90 Å². The van der Waals surface area contributed by atoms with Crippen molar-refractivity contribution in [1.29, 1.82) is 0 Å². The molecule has 0 fully saturated rings. The van der Waals surface area contributed by atoms with Gasteiger partial charge in [0.2, 0.25) is 0 Å². The molecule has 2 aromatic rings. The number of nitrogens with zero attached hydrogens (tertiary/aromatic N) is 1. The van der Waals surface area contributed by atoms with Crippen LogP contribution in [0.4, 0.5) is 0 Å². The van der Waals surface area contributed by atoms with Gasteiger partial charge in [-0.05, 0) is 54.6 Å². The first-order chi connectivity index (χ1) is 11.6. The number of aromatic hydroxyl groups is 2. The molecule has 2 atom stereocenters. The molecule has 3 nitrogen and oxygen atoms in total. The summed E-state index contributed by atoms with van der Waals surface area (Å²) in [5.41, 5.74) is 7.09. The Bertz CT molecular complexity index is 812. The van der Waals surface area contributed by atoms with Crippen LogP contribution in [0.3, 0.4) is 0 Å². The van der Waals surface area contributed by atoms with Crippen molar-refractivity contribution in [3.63, 3.8) is 0 Å². The maximum atomic E-state index is 10.5. The average molecular weight is 323 g/mol. The minimum absolute atomic E-state index is 0.0285. The third-order valence-electron chi connectivity index (χ3n) is 5.70. The molecule has 0 saturated carbocycles. The van der Waals surface area contributed by atoms with Gasteiger partial charge in [0.1, 0.15) is 0 Å². The minimum Gasteiger partial charge on any atom is -0.504 e. The number of phenolic OH excluding ortho intramolecular Hbond substituents is 2. The summed E-state index contributed by atoms with van der Waals surface area (Å²) in [6.45, 7) is 7.64. The molecule has 24 heavy (non-hydrogen) atoms. The van der Waals surface area contributed by atoms with Crippen molar-refractivity contribution in [2.24, 2.45) is 0 Å². The summed E-state index contributed by atoms with van der Waals surface area (Å²) in [5, 5.41) is 20.5. The second kappa shape index (κ2) is 5.52. The van der Waals surface area contributed by atoms with Crippen LogP contribution in [0.5, 0.6) is 11.5 Å². The van der Waals surface area contributed by atoms with Crippen LogP contribution in [0.1, 0.15) is 61.0 Å². The van der Waals surface area contributed by atoms with E-state index in [1.165, 1.54) is 16.7 Å². The molecule has 2 aliphatic rings. The Labute approximate surface area is 143 Å². The molecule has 2 aromatic carbocycles. The normalized spacial score (nSPS) is 21.6. The van der Waals surface area contributed by atoms with Crippen LogP contribution < -0.4 is 0 Å². The molecular weight excluding hydrogens is 298 g/mol. The van der Waals surface area contributed by atoms with Crippen molar-refractivity contribution < 1.29 is 10.2 Å². The topological polar surface area (TPSA) is 43.7 Å². The van der Waals surface area contributed by atoms with Crippen LogP contribution in [0.15, 0.2) is 24.3 Å². The Kier molecular flexibility index (Phi) is 3.57. The monoisotopic (exact) mass is 323 g/mol. The highest BCUT2D eigenvalue weighted by atomic mass is 16.3. The van der Waals surface area contributed by atoms with Crippen LogP contribution in [0.2, 0.25) is 0 Å². The number of hydrogen-bond donors (Lipinski definition) is 2. The van der Waals surface area contributed by atoms with E-state index in [0.29, 0.717) is 12.1 Å². The molecule has 0 unspecified atom stereocenters. The maximum absolute atomic E-state index is 10.5. The number of aryl methyl sites for hydroxylation is 1. The highest BCUT2D eigenvalue weighted by Crippen LogP contribution is 2.55. The van der Waals surface area contributed by atoms with Gasteiger partial charge in [-0.1, -0.05) is 44.0 Å². The fraction of sp³-hybridized carbons (Fsp3) is 0.429. The Morgan fingerprint density at radius 3 is 2.67 bits per heavy atom. The first kappa shape index (κ1) is 15.5. The van der Waals surface area contributed by atoms with Crippen molar-refractivity contribution in [3.8, 4) is 22.6 Å². The van der Waals surface area contributed by atoms with E-state index in [2.05, 4.69) is 37.8 Å². The summed E-state index contributed by atoms with van der Waals surface area (Å²) in [5.74, 6) is -0.00125. The van der Waals surface area contributed by atoms with Gasteiger partial charge < -0.3 is 10.2 Å². The Balaban J connectivity index is 2.00. The number of benzene rings is 2. The number of hydrogen-bond acceptors (Lipinski definition) is 3. The lowest BCUT2D eigenvalue weighted by Crippen LogP contribution is -2.28. The van der Waals surface area contributed by atoms with E-state index >= 15 is 0 Å². The standard InChI is InChI=1S/C21H25NO2/c1-4-6-16-14-9-12(3)10-15-19-13(7-8-18(23)21(19)24)11-17(20(14)15)22(16)5-2/h7-10,16-17,23-24H,4-6,11H2,1-3H3/t16-,17+/m1/s1. The van der Waals surface area contributed by atoms with E-state index in [-0.39, 0.29) is 11.5 Å². The molecule has 2 N–H and O–H groups in total. The zero-order valence-corrected chi connectivity index (χ0v) is 14.6. The van der Waals surface area contributed by atoms with E-state index in [0.717, 1.165) is 42.5 Å². The molecule has 0 saturated heterocycles. The van der Waals surface area contributed by atoms with Crippen molar-refractivity contribution in [3.05, 3.63) is 46.5 Å². The van der Waals surface area contributed by atoms with Gasteiger partial charge in [0.25, 0.3) is 0 Å². The van der Waals surface area contributed by atoms with Gasteiger partial charge in [0.05, 0.1) is 0 Å². The van der Waals surface area contributed by atoms with Crippen LogP contribution in [-0.4, -0.2) is 21.7 Å². The lowest BCUT2D eigenvalue weighted by Gasteiger charge is -2.32. The third-order valence-corrected chi connectivity index (χ3v) is 5.70. The number of phenols is 2. The molecule has 126 valence electrons. The molecular formula is C21H25NO2. The Morgan fingerprint density at radius 1 is 1.17 bits per heavy atom. The van der Waals surface area contributed by atoms with Crippen molar-refractivity contribution in [2.75, 3.05) is 6.54 Å². The highest BCUT2D eigenvalue weighted by molar-refractivity contribution is 5.83. The van der Waals surface area contributed by atoms with Crippen LogP contribution in [0.25, 0.3) is 11.1 Å². The second-order valence-corrected chi connectivity index (χ2v) is 7.14. The highest BCUT2D eigenvalue weighted by Gasteiger charge is 2.42. The molecule has 1 heterocycles. The smallest absolute Gasteiger partial charge is 0.165 e. The summed E-state index contributed by atoms with van der Waals surface area (Å²) < 4.78 is 0. The first-order valence-electron chi connectivity index (χ1n) is 9.01. The van der Waals surface area contributed by atoms with E-state index in [9.17, 15) is 10.2 Å². The molecule has 0 bridgehead atoms. The summed E-state index contributed by atoms with van der Waals surface area (Å²) in [6, 6.07) is 8.93. The summed E-state index contributed by atoms with van der Waals surface area (Å²) in [6.07, 6.45) is 3.23. The fourth-order valence-electron chi connectivity index (χ4n) is 4.80. The van der Waals surface area contributed by atoms with Gasteiger partial charge >= 0.3 is 0 Å². The summed E-state index contributed by atoms with van der Waals surface area (Å²) in [4.78, 5) is 2.62. The lowest BCUT2D eigenvalue weighted by molar-refractivity contribution is 0.160. The summed E-state index contributed by atoms with van der Waals surface area (Å²) in [7, 11) is 0. The fourth-order valence-corrected chi connectivity index (χ4v) is 4.80. The van der Waals surface area contributed by atoms with Gasteiger partial charge in [-0.3, -0.25) is 4.90 Å². The molecule has 1 aliphatic heterocycles. The van der Waals surface area contributed by atoms with Crippen molar-refractivity contribution >= 4 is 0 Å². The van der Waals surface area contributed by atoms with Crippen LogP contribution in [0, 0.1) is 6.92 Å². The van der Waals surface area contributed by atoms with Crippen LogP contribution >= 0.6 is 0 Å². The average Bonchev–Trinajstić information content (AvgIpc) is 2.85. The van der Waals surface area contributed by atoms with Gasteiger partial charge in [0.15, 0.2) is 11.5 Å². The second-order valence-electron chi connectivity index (χ2n) is 7.14. The summed E-state index contributed by atoms with van der Waals surface area (Å²) >= 11 is 0. The largest absolute Gasteiger partial charge is 0.504 e. The maximum Gasteiger partial charge on any atom is 0.165 e. The zero-order valence-electron chi connectivity index (χ0n) is 14.6. The van der Waals surface area contributed by atoms with E-state index in [1.807, 2.05) is 6.07 Å². The van der Waals surface area contributed by atoms with Gasteiger partial charge in [-0.2, -0.15) is 0 Å². The lowest BCUT2D eigenvalue weighted by atomic mass is 9.80. The number of rotatable bonds is 3. The van der Waals surface area contributed by atoms with Gasteiger partial charge in [-0.15, -0.1) is 0 Å². The molecule has 0 aromatic heterocycles. The van der Waals surface area contributed by atoms with Gasteiger partial charge in [-0.25, -0.2) is 0 Å². The SMILES string of the molecule is CCC[C@@H]1c2cc(C)cc3c2[C@H](Cc2ccc(O)c(O)c2-3)N1CC. The van der Waals surface area contributed by atoms with Gasteiger partial charge in [0, 0.05) is 17.6 Å². The molecule has 0 amide bonds. The van der Waals surface area contributed by atoms with E-state index < -0.39 is 0 Å². The third kappa shape index (κ3) is 2.01. The molecule has 4 rings (SSSR count). The molecule has 0 spiro atoms. The Morgan fingerprint density at radius 2 is 1.96 bits per heavy atom. The first-order valence-corrected chi connectivity index (χ1v) is 9.01. The predicted molar refractivity (Wildman–Crippen MR) is 96.4 cm³/mol. The molecule has 3 heteroatoms. The van der Waals surface area contributed by atoms with E-state index in [1.54, 1.807) is 6.07 Å². The molecule has 0 radical (unpaired) electrons. The Hall–Kier alpha value is -2.00. The van der Waals surface area contributed by atoms with Crippen molar-refractivity contribution in [2.45, 2.75) is 52.1 Å². The number of fused-ring (bicyclic) bond motifs is 2. The zero-order chi connectivity index (χ0) is 17.0. The quantitative estimate of drug-likeness (QED) is 0.794. The minimum atomic E-state index is -0.0297. The molecule has 1 aliphatic carbocycles. The van der Waals surface area contributed by atoms with Crippen LogP contribution in [-0.2, 0) is 6.42 Å².